The fraction of sp³-hybridized carbons (Fsp3) is 0.333. The quantitative estimate of drug-likeness (QED) is 0.845. The van der Waals surface area contributed by atoms with Gasteiger partial charge in [0, 0.05) is 12.6 Å². The second kappa shape index (κ2) is 7.22. The van der Waals surface area contributed by atoms with Crippen LogP contribution in [0.4, 0.5) is 0 Å². The first-order valence-electron chi connectivity index (χ1n) is 7.14. The van der Waals surface area contributed by atoms with Gasteiger partial charge in [0.25, 0.3) is 0 Å². The van der Waals surface area contributed by atoms with E-state index in [1.54, 1.807) is 0 Å². The molecule has 2 heteroatoms. The van der Waals surface area contributed by atoms with E-state index in [9.17, 15) is 5.11 Å². The summed E-state index contributed by atoms with van der Waals surface area (Å²) in [4.78, 5) is 0. The summed E-state index contributed by atoms with van der Waals surface area (Å²) in [5, 5.41) is 13.0. The molecule has 106 valence electrons. The van der Waals surface area contributed by atoms with Crippen molar-refractivity contribution in [3.8, 4) is 0 Å². The maximum atomic E-state index is 9.54. The van der Waals surface area contributed by atoms with Gasteiger partial charge in [0.15, 0.2) is 0 Å². The van der Waals surface area contributed by atoms with Crippen molar-refractivity contribution in [2.45, 2.75) is 32.9 Å². The highest BCUT2D eigenvalue weighted by Crippen LogP contribution is 2.13. The van der Waals surface area contributed by atoms with Crippen LogP contribution in [-0.2, 0) is 13.0 Å². The molecule has 0 radical (unpaired) electrons. The lowest BCUT2D eigenvalue weighted by atomic mass is 10.0. The summed E-state index contributed by atoms with van der Waals surface area (Å²) in [6.07, 6.45) is 0.849. The molecule has 0 aliphatic carbocycles. The molecule has 0 fully saturated rings. The summed E-state index contributed by atoms with van der Waals surface area (Å²) >= 11 is 0. The Morgan fingerprint density at radius 1 is 0.950 bits per heavy atom. The van der Waals surface area contributed by atoms with Gasteiger partial charge in [-0.15, -0.1) is 0 Å². The van der Waals surface area contributed by atoms with E-state index in [4.69, 9.17) is 0 Å². The first-order chi connectivity index (χ1) is 9.70. The van der Waals surface area contributed by atoms with Gasteiger partial charge in [0.05, 0.1) is 6.61 Å². The van der Waals surface area contributed by atoms with Gasteiger partial charge in [-0.05, 0) is 42.5 Å². The standard InChI is InChI=1S/C18H23NO/c1-14-7-6-8-15(2)18(14)12-19-17(13-20)11-16-9-4-3-5-10-16/h3-10,17,19-20H,11-13H2,1-2H3/t17-/m0/s1. The molecule has 0 unspecified atom stereocenters. The third-order valence-corrected chi connectivity index (χ3v) is 3.76. The van der Waals surface area contributed by atoms with Gasteiger partial charge >= 0.3 is 0 Å². The first-order valence-corrected chi connectivity index (χ1v) is 7.14. The second-order valence-corrected chi connectivity index (χ2v) is 5.32. The van der Waals surface area contributed by atoms with Gasteiger partial charge < -0.3 is 10.4 Å². The van der Waals surface area contributed by atoms with E-state index in [1.165, 1.54) is 22.3 Å². The number of benzene rings is 2. The average Bonchev–Trinajstić information content (AvgIpc) is 2.46. The normalized spacial score (nSPS) is 12.3. The van der Waals surface area contributed by atoms with Gasteiger partial charge in [0.2, 0.25) is 0 Å². The highest BCUT2D eigenvalue weighted by Gasteiger charge is 2.09. The van der Waals surface area contributed by atoms with E-state index in [-0.39, 0.29) is 12.6 Å². The number of rotatable bonds is 6. The van der Waals surface area contributed by atoms with Crippen LogP contribution in [0, 0.1) is 13.8 Å². The molecule has 0 saturated heterocycles. The van der Waals surface area contributed by atoms with Crippen LogP contribution in [0.25, 0.3) is 0 Å². The fourth-order valence-electron chi connectivity index (χ4n) is 2.47. The Balaban J connectivity index is 1.97. The maximum absolute atomic E-state index is 9.54. The van der Waals surface area contributed by atoms with E-state index < -0.39 is 0 Å². The molecular formula is C18H23NO. The number of aryl methyl sites for hydroxylation is 2. The van der Waals surface area contributed by atoms with E-state index in [0.29, 0.717) is 0 Å². The Kier molecular flexibility index (Phi) is 5.33. The molecule has 2 N–H and O–H groups in total. The van der Waals surface area contributed by atoms with Crippen LogP contribution in [0.5, 0.6) is 0 Å². The molecule has 2 aromatic carbocycles. The van der Waals surface area contributed by atoms with Crippen molar-refractivity contribution < 1.29 is 5.11 Å². The van der Waals surface area contributed by atoms with Crippen LogP contribution in [0.15, 0.2) is 48.5 Å². The minimum atomic E-state index is 0.0939. The van der Waals surface area contributed by atoms with Crippen molar-refractivity contribution in [1.82, 2.24) is 5.32 Å². The Morgan fingerprint density at radius 2 is 1.60 bits per heavy atom. The molecule has 0 bridgehead atoms. The highest BCUT2D eigenvalue weighted by atomic mass is 16.3. The molecular weight excluding hydrogens is 246 g/mol. The largest absolute Gasteiger partial charge is 0.395 e. The predicted octanol–water partition coefficient (Wildman–Crippen LogP) is 3.00. The molecule has 0 spiro atoms. The number of aliphatic hydroxyl groups excluding tert-OH is 1. The van der Waals surface area contributed by atoms with E-state index in [1.807, 2.05) is 18.2 Å². The van der Waals surface area contributed by atoms with Crippen LogP contribution in [0.2, 0.25) is 0 Å². The Hall–Kier alpha value is -1.64. The molecule has 0 amide bonds. The van der Waals surface area contributed by atoms with E-state index in [2.05, 4.69) is 49.5 Å². The van der Waals surface area contributed by atoms with Crippen molar-refractivity contribution in [2.75, 3.05) is 6.61 Å². The monoisotopic (exact) mass is 269 g/mol. The van der Waals surface area contributed by atoms with Crippen LogP contribution >= 0.6 is 0 Å². The fourth-order valence-corrected chi connectivity index (χ4v) is 2.47. The van der Waals surface area contributed by atoms with Crippen molar-refractivity contribution in [2.24, 2.45) is 0 Å². The minimum absolute atomic E-state index is 0.0939. The zero-order chi connectivity index (χ0) is 14.4. The number of nitrogens with one attached hydrogen (secondary N) is 1. The van der Waals surface area contributed by atoms with Gasteiger partial charge in [0.1, 0.15) is 0 Å². The molecule has 0 aliphatic heterocycles. The highest BCUT2D eigenvalue weighted by molar-refractivity contribution is 5.33. The second-order valence-electron chi connectivity index (χ2n) is 5.32. The van der Waals surface area contributed by atoms with Crippen molar-refractivity contribution in [3.05, 3.63) is 70.8 Å². The van der Waals surface area contributed by atoms with Crippen LogP contribution < -0.4 is 5.32 Å². The summed E-state index contributed by atoms with van der Waals surface area (Å²) in [5.41, 5.74) is 5.18. The third kappa shape index (κ3) is 3.92. The smallest absolute Gasteiger partial charge is 0.0587 e. The minimum Gasteiger partial charge on any atom is -0.395 e. The lowest BCUT2D eigenvalue weighted by Crippen LogP contribution is -2.34. The molecule has 2 rings (SSSR count). The number of aliphatic hydroxyl groups is 1. The lowest BCUT2D eigenvalue weighted by Gasteiger charge is -2.18. The summed E-state index contributed by atoms with van der Waals surface area (Å²) in [6.45, 7) is 5.22. The average molecular weight is 269 g/mol. The topological polar surface area (TPSA) is 32.3 Å². The summed E-state index contributed by atoms with van der Waals surface area (Å²) in [7, 11) is 0. The molecule has 0 saturated carbocycles. The SMILES string of the molecule is Cc1cccc(C)c1CN[C@H](CO)Cc1ccccc1. The van der Waals surface area contributed by atoms with Crippen LogP contribution in [0.3, 0.4) is 0 Å². The molecule has 1 atom stereocenters. The molecule has 2 aromatic rings. The number of hydrogen-bond acceptors (Lipinski definition) is 2. The summed E-state index contributed by atoms with van der Waals surface area (Å²) in [6, 6.07) is 16.7. The zero-order valence-corrected chi connectivity index (χ0v) is 12.3. The van der Waals surface area contributed by atoms with Gasteiger partial charge in [-0.2, -0.15) is 0 Å². The van der Waals surface area contributed by atoms with Crippen molar-refractivity contribution in [3.63, 3.8) is 0 Å². The zero-order valence-electron chi connectivity index (χ0n) is 12.3. The Bertz CT molecular complexity index is 516. The van der Waals surface area contributed by atoms with E-state index >= 15 is 0 Å². The molecule has 0 aliphatic rings. The Labute approximate surface area is 121 Å². The van der Waals surface area contributed by atoms with Crippen molar-refractivity contribution in [1.29, 1.82) is 0 Å². The van der Waals surface area contributed by atoms with Crippen molar-refractivity contribution >= 4 is 0 Å². The van der Waals surface area contributed by atoms with Crippen LogP contribution in [-0.4, -0.2) is 17.8 Å². The summed E-state index contributed by atoms with van der Waals surface area (Å²) < 4.78 is 0. The van der Waals surface area contributed by atoms with E-state index in [0.717, 1.165) is 13.0 Å². The maximum Gasteiger partial charge on any atom is 0.0587 e. The van der Waals surface area contributed by atoms with Crippen LogP contribution in [0.1, 0.15) is 22.3 Å². The molecule has 0 aromatic heterocycles. The molecule has 2 nitrogen and oxygen atoms in total. The lowest BCUT2D eigenvalue weighted by molar-refractivity contribution is 0.240. The predicted molar refractivity (Wildman–Crippen MR) is 83.8 cm³/mol. The number of hydrogen-bond donors (Lipinski definition) is 2. The summed E-state index contributed by atoms with van der Waals surface area (Å²) in [5.74, 6) is 0. The first kappa shape index (κ1) is 14.8. The van der Waals surface area contributed by atoms with Gasteiger partial charge in [-0.25, -0.2) is 0 Å². The van der Waals surface area contributed by atoms with Gasteiger partial charge in [-0.3, -0.25) is 0 Å². The third-order valence-electron chi connectivity index (χ3n) is 3.76. The van der Waals surface area contributed by atoms with Gasteiger partial charge in [-0.1, -0.05) is 48.5 Å². The molecule has 20 heavy (non-hydrogen) atoms. The molecule has 0 heterocycles. The Morgan fingerprint density at radius 3 is 2.20 bits per heavy atom.